The number of aryl methyl sites for hydroxylation is 1. The molecule has 0 aromatic heterocycles. The minimum atomic E-state index is -3.68. The summed E-state index contributed by atoms with van der Waals surface area (Å²) >= 11 is 9.68. The van der Waals surface area contributed by atoms with Gasteiger partial charge in [0.15, 0.2) is 11.5 Å². The molecule has 3 rings (SSSR count). The summed E-state index contributed by atoms with van der Waals surface area (Å²) in [5.41, 5.74) is 5.08. The number of hydrazone groups is 1. The van der Waals surface area contributed by atoms with Gasteiger partial charge in [0, 0.05) is 10.6 Å². The van der Waals surface area contributed by atoms with Gasteiger partial charge in [0.1, 0.15) is 13.2 Å². The zero-order valence-corrected chi connectivity index (χ0v) is 23.0. The number of hydrogen-bond donors (Lipinski definition) is 1. The third kappa shape index (κ3) is 7.46. The van der Waals surface area contributed by atoms with Crippen LogP contribution in [0.3, 0.4) is 0 Å². The lowest BCUT2D eigenvalue weighted by Crippen LogP contribution is -2.39. The molecule has 1 N–H and O–H groups in total. The minimum absolute atomic E-state index is 0.246. The third-order valence-corrected chi connectivity index (χ3v) is 7.06. The molecule has 36 heavy (non-hydrogen) atoms. The summed E-state index contributed by atoms with van der Waals surface area (Å²) in [5, 5.41) is 4.56. The van der Waals surface area contributed by atoms with E-state index in [9.17, 15) is 13.2 Å². The number of nitrogens with zero attached hydrogens (tertiary/aromatic N) is 2. The Morgan fingerprint density at radius 2 is 1.92 bits per heavy atom. The van der Waals surface area contributed by atoms with Gasteiger partial charge in [-0.05, 0) is 64.3 Å². The number of carbonyl (C=O) groups is 1. The summed E-state index contributed by atoms with van der Waals surface area (Å²) in [5.74, 6) is 0.344. The van der Waals surface area contributed by atoms with Gasteiger partial charge in [-0.3, -0.25) is 9.10 Å². The van der Waals surface area contributed by atoms with E-state index in [1.54, 1.807) is 36.4 Å². The van der Waals surface area contributed by atoms with E-state index in [0.29, 0.717) is 32.2 Å². The van der Waals surface area contributed by atoms with E-state index < -0.39 is 22.5 Å². The van der Waals surface area contributed by atoms with Crippen molar-refractivity contribution in [3.8, 4) is 11.5 Å². The molecule has 0 fully saturated rings. The zero-order valence-electron chi connectivity index (χ0n) is 19.9. The molecule has 0 spiro atoms. The lowest BCUT2D eigenvalue weighted by molar-refractivity contribution is -0.119. The van der Waals surface area contributed by atoms with Crippen LogP contribution in [-0.4, -0.2) is 40.4 Å². The van der Waals surface area contributed by atoms with Crippen molar-refractivity contribution < 1.29 is 22.7 Å². The van der Waals surface area contributed by atoms with E-state index in [-0.39, 0.29) is 6.61 Å². The number of benzene rings is 3. The first kappa shape index (κ1) is 27.5. The van der Waals surface area contributed by atoms with Gasteiger partial charge in [-0.2, -0.15) is 5.10 Å². The Balaban J connectivity index is 1.69. The van der Waals surface area contributed by atoms with Gasteiger partial charge in [0.05, 0.1) is 29.7 Å². The van der Waals surface area contributed by atoms with Crippen molar-refractivity contribution in [1.82, 2.24) is 5.43 Å². The van der Waals surface area contributed by atoms with Crippen molar-refractivity contribution >= 4 is 55.4 Å². The highest BCUT2D eigenvalue weighted by atomic mass is 79.9. The van der Waals surface area contributed by atoms with Crippen LogP contribution in [0.25, 0.3) is 0 Å². The second-order valence-electron chi connectivity index (χ2n) is 7.82. The molecule has 0 bridgehead atoms. The quantitative estimate of drug-likeness (QED) is 0.266. The molecule has 0 aliphatic heterocycles. The van der Waals surface area contributed by atoms with E-state index in [0.717, 1.165) is 21.7 Å². The molecule has 0 heterocycles. The smallest absolute Gasteiger partial charge is 0.260 e. The molecule has 3 aromatic carbocycles. The van der Waals surface area contributed by atoms with E-state index in [1.807, 2.05) is 31.2 Å². The lowest BCUT2D eigenvalue weighted by atomic mass is 10.2. The SMILES string of the molecule is COc1cc(/C=N\NC(=O)CN(c2cccc(C)c2)S(C)(=O)=O)cc(Br)c1OCc1ccccc1Cl. The number of amides is 1. The van der Waals surface area contributed by atoms with Crippen molar-refractivity contribution in [3.05, 3.63) is 86.8 Å². The number of ether oxygens (including phenoxy) is 2. The summed E-state index contributed by atoms with van der Waals surface area (Å²) in [6, 6.07) is 17.7. The lowest BCUT2D eigenvalue weighted by Gasteiger charge is -2.21. The molecule has 0 aliphatic rings. The summed E-state index contributed by atoms with van der Waals surface area (Å²) in [6.45, 7) is 1.67. The maximum absolute atomic E-state index is 12.4. The van der Waals surface area contributed by atoms with E-state index in [2.05, 4.69) is 26.5 Å². The molecule has 11 heteroatoms. The summed E-state index contributed by atoms with van der Waals surface area (Å²) in [6.07, 6.45) is 2.46. The average molecular weight is 595 g/mol. The third-order valence-electron chi connectivity index (χ3n) is 4.96. The second kappa shape index (κ2) is 12.2. The van der Waals surface area contributed by atoms with Crippen LogP contribution in [0.4, 0.5) is 5.69 Å². The summed E-state index contributed by atoms with van der Waals surface area (Å²) in [7, 11) is -2.17. The number of halogens is 2. The number of carbonyl (C=O) groups excluding carboxylic acids is 1. The molecule has 1 amide bonds. The normalized spacial score (nSPS) is 11.4. The molecule has 8 nitrogen and oxygen atoms in total. The molecular formula is C25H25BrClN3O5S. The molecule has 0 aliphatic carbocycles. The Morgan fingerprint density at radius 1 is 1.17 bits per heavy atom. The fourth-order valence-electron chi connectivity index (χ4n) is 3.25. The molecular weight excluding hydrogens is 570 g/mol. The predicted molar refractivity (Wildman–Crippen MR) is 146 cm³/mol. The van der Waals surface area contributed by atoms with Crippen LogP contribution in [0, 0.1) is 6.92 Å². The maximum atomic E-state index is 12.4. The van der Waals surface area contributed by atoms with Gasteiger partial charge in [-0.25, -0.2) is 13.8 Å². The Hall–Kier alpha value is -3.08. The van der Waals surface area contributed by atoms with Gasteiger partial charge in [-0.15, -0.1) is 0 Å². The zero-order chi connectivity index (χ0) is 26.3. The highest BCUT2D eigenvalue weighted by Gasteiger charge is 2.21. The monoisotopic (exact) mass is 593 g/mol. The number of sulfonamides is 1. The van der Waals surface area contributed by atoms with Gasteiger partial charge >= 0.3 is 0 Å². The van der Waals surface area contributed by atoms with Crippen LogP contribution in [-0.2, 0) is 21.4 Å². The van der Waals surface area contributed by atoms with Gasteiger partial charge in [0.25, 0.3) is 5.91 Å². The van der Waals surface area contributed by atoms with Crippen LogP contribution in [0.5, 0.6) is 11.5 Å². The van der Waals surface area contributed by atoms with Gasteiger partial charge in [0.2, 0.25) is 10.0 Å². The number of rotatable bonds is 10. The molecule has 3 aromatic rings. The second-order valence-corrected chi connectivity index (χ2v) is 11.0. The number of methoxy groups -OCH3 is 1. The predicted octanol–water partition coefficient (Wildman–Crippen LogP) is 4.91. The Kier molecular flexibility index (Phi) is 9.36. The van der Waals surface area contributed by atoms with Crippen LogP contribution >= 0.6 is 27.5 Å². The summed E-state index contributed by atoms with van der Waals surface area (Å²) < 4.78 is 37.5. The van der Waals surface area contributed by atoms with Crippen LogP contribution < -0.4 is 19.2 Å². The van der Waals surface area contributed by atoms with Crippen LogP contribution in [0.2, 0.25) is 5.02 Å². The Bertz CT molecular complexity index is 1380. The van der Waals surface area contributed by atoms with Crippen molar-refractivity contribution in [2.24, 2.45) is 5.10 Å². The fourth-order valence-corrected chi connectivity index (χ4v) is 4.86. The van der Waals surface area contributed by atoms with E-state index in [1.165, 1.54) is 13.3 Å². The number of anilines is 1. The van der Waals surface area contributed by atoms with Crippen LogP contribution in [0.15, 0.2) is 70.2 Å². The Labute approximate surface area is 224 Å². The highest BCUT2D eigenvalue weighted by molar-refractivity contribution is 9.10. The molecule has 0 saturated heterocycles. The van der Waals surface area contributed by atoms with Crippen molar-refractivity contribution in [3.63, 3.8) is 0 Å². The standard InChI is InChI=1S/C25H25BrClN3O5S/c1-17-7-6-9-20(11-17)30(36(3,32)33)15-24(31)29-28-14-18-12-21(26)25(23(13-18)34-2)35-16-19-8-4-5-10-22(19)27/h4-14H,15-16H2,1-3H3,(H,29,31)/b28-14-. The van der Waals surface area contributed by atoms with Gasteiger partial charge in [-0.1, -0.05) is 41.9 Å². The van der Waals surface area contributed by atoms with Gasteiger partial charge < -0.3 is 9.47 Å². The molecule has 190 valence electrons. The molecule has 0 unspecified atom stereocenters. The molecule has 0 radical (unpaired) electrons. The maximum Gasteiger partial charge on any atom is 0.260 e. The Morgan fingerprint density at radius 3 is 2.58 bits per heavy atom. The number of hydrogen-bond acceptors (Lipinski definition) is 6. The number of nitrogens with one attached hydrogen (secondary N) is 1. The first-order chi connectivity index (χ1) is 17.1. The largest absolute Gasteiger partial charge is 0.493 e. The van der Waals surface area contributed by atoms with E-state index >= 15 is 0 Å². The first-order valence-electron chi connectivity index (χ1n) is 10.7. The van der Waals surface area contributed by atoms with Crippen molar-refractivity contribution in [2.45, 2.75) is 13.5 Å². The van der Waals surface area contributed by atoms with Crippen molar-refractivity contribution in [2.75, 3.05) is 24.2 Å². The topological polar surface area (TPSA) is 97.3 Å². The van der Waals surface area contributed by atoms with Crippen LogP contribution in [0.1, 0.15) is 16.7 Å². The summed E-state index contributed by atoms with van der Waals surface area (Å²) in [4.78, 5) is 12.4. The highest BCUT2D eigenvalue weighted by Crippen LogP contribution is 2.37. The molecule has 0 saturated carbocycles. The van der Waals surface area contributed by atoms with E-state index in [4.69, 9.17) is 21.1 Å². The van der Waals surface area contributed by atoms with Crippen molar-refractivity contribution in [1.29, 1.82) is 0 Å². The average Bonchev–Trinajstić information content (AvgIpc) is 2.81. The first-order valence-corrected chi connectivity index (χ1v) is 13.7. The molecule has 0 atom stereocenters. The minimum Gasteiger partial charge on any atom is -0.493 e. The fraction of sp³-hybridized carbons (Fsp3) is 0.200.